The monoisotopic (exact) mass is 498 g/mol. The van der Waals surface area contributed by atoms with Crippen molar-refractivity contribution in [1.29, 1.82) is 0 Å². The Morgan fingerprint density at radius 3 is 2.27 bits per heavy atom. The van der Waals surface area contributed by atoms with Crippen molar-refractivity contribution < 1.29 is 9.53 Å². The largest absolute Gasteiger partial charge is 0.371 e. The lowest BCUT2D eigenvalue weighted by molar-refractivity contribution is 0.0303. The number of ether oxygens (including phenoxy) is 1. The van der Waals surface area contributed by atoms with Gasteiger partial charge in [-0.2, -0.15) is 5.10 Å². The van der Waals surface area contributed by atoms with Crippen LogP contribution in [0.4, 0.5) is 22.0 Å². The number of nitrogens with one attached hydrogen (secondary N) is 2. The van der Waals surface area contributed by atoms with Crippen molar-refractivity contribution in [3.8, 4) is 11.4 Å². The molecule has 2 aliphatic heterocycles. The first kappa shape index (κ1) is 23.4. The number of morpholine rings is 1. The van der Waals surface area contributed by atoms with E-state index in [4.69, 9.17) is 20.4 Å². The third-order valence-electron chi connectivity index (χ3n) is 6.97. The molecule has 10 nitrogen and oxygen atoms in total. The Balaban J connectivity index is 1.23. The second-order valence-corrected chi connectivity index (χ2v) is 9.49. The van der Waals surface area contributed by atoms with Crippen LogP contribution >= 0.6 is 0 Å². The molecule has 2 unspecified atom stereocenters. The topological polar surface area (TPSA) is 123 Å². The number of hydrogen-bond donors (Lipinski definition) is 3. The number of aromatic nitrogens is 4. The van der Waals surface area contributed by atoms with Gasteiger partial charge in [-0.3, -0.25) is 0 Å². The zero-order valence-corrected chi connectivity index (χ0v) is 20.7. The maximum Gasteiger partial charge on any atom is 0.323 e. The lowest BCUT2D eigenvalue weighted by atomic mass is 10.2. The summed E-state index contributed by atoms with van der Waals surface area (Å²) in [6.07, 6.45) is 4.56. The van der Waals surface area contributed by atoms with Crippen LogP contribution in [0.3, 0.4) is 0 Å². The molecule has 2 amide bonds. The zero-order valence-electron chi connectivity index (χ0n) is 20.7. The Hall–Kier alpha value is -4.02. The van der Waals surface area contributed by atoms with E-state index in [-0.39, 0.29) is 18.2 Å². The van der Waals surface area contributed by atoms with E-state index < -0.39 is 0 Å². The minimum absolute atomic E-state index is 0.253. The molecule has 0 aliphatic carbocycles. The number of carbonyl (C=O) groups excluding carboxylic acids is 1. The van der Waals surface area contributed by atoms with Crippen LogP contribution in [0.15, 0.2) is 54.7 Å². The molecule has 4 aromatic rings. The number of hydrogen-bond acceptors (Lipinski definition) is 7. The number of benzene rings is 2. The molecule has 190 valence electrons. The fraction of sp³-hybridized carbons (Fsp3) is 0.333. The molecular weight excluding hydrogens is 468 g/mol. The number of nitrogens with two attached hydrogens (primary N) is 1. The van der Waals surface area contributed by atoms with Gasteiger partial charge in [-0.25, -0.2) is 19.4 Å². The number of anilines is 3. The molecule has 2 aromatic heterocycles. The van der Waals surface area contributed by atoms with Crippen LogP contribution in [0.2, 0.25) is 0 Å². The zero-order chi connectivity index (χ0) is 25.4. The van der Waals surface area contributed by atoms with Crippen LogP contribution in [0.1, 0.15) is 25.3 Å². The lowest BCUT2D eigenvalue weighted by Crippen LogP contribution is -2.43. The third-order valence-corrected chi connectivity index (χ3v) is 6.97. The van der Waals surface area contributed by atoms with E-state index >= 15 is 0 Å². The minimum Gasteiger partial charge on any atom is -0.371 e. The summed E-state index contributed by atoms with van der Waals surface area (Å²) in [5, 5.41) is 11.2. The average Bonchev–Trinajstić information content (AvgIpc) is 3.50. The summed E-state index contributed by atoms with van der Waals surface area (Å²) in [5.41, 5.74) is 9.70. The molecule has 0 spiro atoms. The van der Waals surface area contributed by atoms with Crippen LogP contribution in [0, 0.1) is 0 Å². The number of aryl methyl sites for hydroxylation is 1. The van der Waals surface area contributed by atoms with Gasteiger partial charge in [0, 0.05) is 43.1 Å². The van der Waals surface area contributed by atoms with Gasteiger partial charge in [0.15, 0.2) is 11.5 Å². The van der Waals surface area contributed by atoms with Crippen LogP contribution in [0.5, 0.6) is 0 Å². The standard InChI is InChI=1S/C27H30N8O2/c1-2-35-26-23(14-29-35)25(34-15-21-11-12-22(16-34)37-21)32-24(33-26)18-5-9-20(10-6-18)31-27(36)30-19-7-3-17(13-28)4-8-19/h3-10,14,21-22H,2,11-13,15-16,28H2,1H3,(H2,30,31,36). The summed E-state index contributed by atoms with van der Waals surface area (Å²) in [6, 6.07) is 14.7. The van der Waals surface area contributed by atoms with E-state index in [2.05, 4.69) is 27.6 Å². The molecule has 2 fully saturated rings. The summed E-state index contributed by atoms with van der Waals surface area (Å²) in [7, 11) is 0. The second-order valence-electron chi connectivity index (χ2n) is 9.49. The summed E-state index contributed by atoms with van der Waals surface area (Å²) >= 11 is 0. The maximum absolute atomic E-state index is 12.5. The Kier molecular flexibility index (Phi) is 6.19. The predicted molar refractivity (Wildman–Crippen MR) is 144 cm³/mol. The SMILES string of the molecule is CCn1ncc2c(N3CC4CCC(C3)O4)nc(-c3ccc(NC(=O)Nc4ccc(CN)cc4)cc3)nc21. The highest BCUT2D eigenvalue weighted by Crippen LogP contribution is 2.33. The van der Waals surface area contributed by atoms with Crippen molar-refractivity contribution in [2.45, 2.75) is 45.1 Å². The van der Waals surface area contributed by atoms with Gasteiger partial charge in [-0.05, 0) is 61.7 Å². The molecule has 37 heavy (non-hydrogen) atoms. The first-order valence-corrected chi connectivity index (χ1v) is 12.7. The van der Waals surface area contributed by atoms with Crippen molar-refractivity contribution in [3.05, 3.63) is 60.3 Å². The summed E-state index contributed by atoms with van der Waals surface area (Å²) in [4.78, 5) is 24.6. The van der Waals surface area contributed by atoms with Gasteiger partial charge in [0.25, 0.3) is 0 Å². The van der Waals surface area contributed by atoms with Crippen molar-refractivity contribution >= 4 is 34.3 Å². The number of carbonyl (C=O) groups is 1. The Labute approximate surface area is 214 Å². The molecule has 6 rings (SSSR count). The predicted octanol–water partition coefficient (Wildman–Crippen LogP) is 3.98. The smallest absolute Gasteiger partial charge is 0.323 e. The van der Waals surface area contributed by atoms with E-state index in [1.165, 1.54) is 0 Å². The molecule has 4 N–H and O–H groups in total. The van der Waals surface area contributed by atoms with Crippen LogP contribution in [-0.4, -0.2) is 51.1 Å². The molecule has 2 atom stereocenters. The van der Waals surface area contributed by atoms with Crippen molar-refractivity contribution in [2.24, 2.45) is 5.73 Å². The molecule has 10 heteroatoms. The maximum atomic E-state index is 12.5. The fourth-order valence-electron chi connectivity index (χ4n) is 5.05. The van der Waals surface area contributed by atoms with Crippen LogP contribution in [-0.2, 0) is 17.8 Å². The summed E-state index contributed by atoms with van der Waals surface area (Å²) in [5.74, 6) is 1.54. The number of nitrogens with zero attached hydrogens (tertiary/aromatic N) is 5. The highest BCUT2D eigenvalue weighted by molar-refractivity contribution is 5.99. The molecule has 0 saturated carbocycles. The first-order chi connectivity index (χ1) is 18.1. The van der Waals surface area contributed by atoms with Crippen molar-refractivity contribution in [2.75, 3.05) is 28.6 Å². The molecule has 2 aromatic carbocycles. The van der Waals surface area contributed by atoms with Gasteiger partial charge in [-0.1, -0.05) is 12.1 Å². The quantitative estimate of drug-likeness (QED) is 0.367. The normalized spacial score (nSPS) is 18.8. The van der Waals surface area contributed by atoms with Gasteiger partial charge < -0.3 is 26.0 Å². The van der Waals surface area contributed by atoms with E-state index in [1.807, 2.05) is 59.4 Å². The Bertz CT molecular complexity index is 1410. The van der Waals surface area contributed by atoms with Crippen LogP contribution in [0.25, 0.3) is 22.4 Å². The van der Waals surface area contributed by atoms with Gasteiger partial charge >= 0.3 is 6.03 Å². The fourth-order valence-corrected chi connectivity index (χ4v) is 5.05. The number of fused-ring (bicyclic) bond motifs is 3. The first-order valence-electron chi connectivity index (χ1n) is 12.7. The lowest BCUT2D eigenvalue weighted by Gasteiger charge is -2.33. The highest BCUT2D eigenvalue weighted by Gasteiger charge is 2.35. The molecular formula is C27H30N8O2. The van der Waals surface area contributed by atoms with Gasteiger partial charge in [0.1, 0.15) is 5.82 Å². The summed E-state index contributed by atoms with van der Waals surface area (Å²) < 4.78 is 7.95. The van der Waals surface area contributed by atoms with Gasteiger partial charge in [0.2, 0.25) is 0 Å². The van der Waals surface area contributed by atoms with E-state index in [1.54, 1.807) is 0 Å². The van der Waals surface area contributed by atoms with Gasteiger partial charge in [-0.15, -0.1) is 0 Å². The van der Waals surface area contributed by atoms with Gasteiger partial charge in [0.05, 0.1) is 23.8 Å². The number of amides is 2. The molecule has 2 aliphatic rings. The van der Waals surface area contributed by atoms with Crippen molar-refractivity contribution in [3.63, 3.8) is 0 Å². The van der Waals surface area contributed by atoms with Crippen LogP contribution < -0.4 is 21.3 Å². The number of rotatable bonds is 6. The Morgan fingerprint density at radius 1 is 1.00 bits per heavy atom. The molecule has 4 heterocycles. The summed E-state index contributed by atoms with van der Waals surface area (Å²) in [6.45, 7) is 4.89. The molecule has 0 radical (unpaired) electrons. The van der Waals surface area contributed by atoms with E-state index in [9.17, 15) is 4.79 Å². The molecule has 2 saturated heterocycles. The minimum atomic E-state index is -0.318. The third kappa shape index (κ3) is 4.73. The second kappa shape index (κ2) is 9.79. The van der Waals surface area contributed by atoms with Crippen molar-refractivity contribution in [1.82, 2.24) is 19.7 Å². The van der Waals surface area contributed by atoms with E-state index in [0.717, 1.165) is 60.5 Å². The average molecular weight is 499 g/mol. The highest BCUT2D eigenvalue weighted by atomic mass is 16.5. The number of urea groups is 1. The van der Waals surface area contributed by atoms with E-state index in [0.29, 0.717) is 23.7 Å². The molecule has 2 bridgehead atoms. The Morgan fingerprint density at radius 2 is 1.65 bits per heavy atom.